The van der Waals surface area contributed by atoms with Crippen molar-refractivity contribution in [1.29, 1.82) is 0 Å². The van der Waals surface area contributed by atoms with Gasteiger partial charge in [0.15, 0.2) is 0 Å². The number of alkyl halides is 1. The van der Waals surface area contributed by atoms with Crippen LogP contribution < -0.4 is 0 Å². The van der Waals surface area contributed by atoms with E-state index in [4.69, 9.17) is 4.74 Å². The number of ether oxygens (including phenoxy) is 1. The lowest BCUT2D eigenvalue weighted by molar-refractivity contribution is 0.202. The highest BCUT2D eigenvalue weighted by molar-refractivity contribution is 9.09. The second-order valence-corrected chi connectivity index (χ2v) is 5.79. The van der Waals surface area contributed by atoms with Gasteiger partial charge in [0.2, 0.25) is 0 Å². The first kappa shape index (κ1) is 15.2. The maximum Gasteiger partial charge on any atom is 0.127 e. The largest absolute Gasteiger partial charge is 0.384 e. The van der Waals surface area contributed by atoms with Crippen LogP contribution in [0.4, 0.5) is 4.39 Å². The van der Waals surface area contributed by atoms with E-state index >= 15 is 0 Å². The van der Waals surface area contributed by atoms with Crippen molar-refractivity contribution in [1.82, 2.24) is 0 Å². The first-order valence-electron chi connectivity index (χ1n) is 6.59. The molecule has 0 heterocycles. The summed E-state index contributed by atoms with van der Waals surface area (Å²) in [6.07, 6.45) is 0.891. The third kappa shape index (κ3) is 3.68. The van der Waals surface area contributed by atoms with Gasteiger partial charge in [-0.25, -0.2) is 4.39 Å². The van der Waals surface area contributed by atoms with E-state index in [1.807, 2.05) is 25.1 Å². The average Bonchev–Trinajstić information content (AvgIpc) is 2.47. The molecule has 0 fully saturated rings. The van der Waals surface area contributed by atoms with Crippen LogP contribution in [0.2, 0.25) is 0 Å². The number of halogens is 2. The molecular weight excluding hydrogens is 319 g/mol. The van der Waals surface area contributed by atoms with E-state index in [1.165, 1.54) is 11.6 Å². The molecule has 0 saturated heterocycles. The third-order valence-corrected chi connectivity index (χ3v) is 4.31. The minimum Gasteiger partial charge on any atom is -0.384 e. The number of aryl methyl sites for hydroxylation is 1. The molecule has 0 aromatic heterocycles. The molecule has 0 spiro atoms. The highest BCUT2D eigenvalue weighted by atomic mass is 79.9. The molecule has 0 radical (unpaired) electrons. The minimum atomic E-state index is -0.180. The Balaban J connectivity index is 2.20. The molecule has 20 heavy (non-hydrogen) atoms. The Morgan fingerprint density at radius 2 is 1.85 bits per heavy atom. The third-order valence-electron chi connectivity index (χ3n) is 3.29. The summed E-state index contributed by atoms with van der Waals surface area (Å²) < 4.78 is 19.0. The van der Waals surface area contributed by atoms with Crippen molar-refractivity contribution in [3.8, 4) is 0 Å². The molecule has 0 saturated carbocycles. The van der Waals surface area contributed by atoms with Crippen LogP contribution in [-0.4, -0.2) is 13.7 Å². The monoisotopic (exact) mass is 336 g/mol. The summed E-state index contributed by atoms with van der Waals surface area (Å²) in [5, 5.41) is 0. The number of hydrogen-bond donors (Lipinski definition) is 0. The molecule has 0 bridgehead atoms. The van der Waals surface area contributed by atoms with E-state index in [2.05, 4.69) is 28.1 Å². The van der Waals surface area contributed by atoms with E-state index in [0.717, 1.165) is 17.5 Å². The lowest BCUT2D eigenvalue weighted by atomic mass is 10.0. The Morgan fingerprint density at radius 3 is 2.50 bits per heavy atom. The molecule has 0 aliphatic heterocycles. The maximum atomic E-state index is 13.9. The van der Waals surface area contributed by atoms with E-state index in [-0.39, 0.29) is 10.6 Å². The fourth-order valence-corrected chi connectivity index (χ4v) is 2.77. The summed E-state index contributed by atoms with van der Waals surface area (Å²) in [5.74, 6) is -0.180. The minimum absolute atomic E-state index is 0.126. The van der Waals surface area contributed by atoms with Crippen molar-refractivity contribution >= 4 is 15.9 Å². The Labute approximate surface area is 127 Å². The second kappa shape index (κ2) is 7.00. The number of rotatable bonds is 5. The van der Waals surface area contributed by atoms with Crippen LogP contribution in [0.15, 0.2) is 42.5 Å². The zero-order valence-electron chi connectivity index (χ0n) is 11.7. The number of hydrogen-bond acceptors (Lipinski definition) is 1. The molecule has 1 atom stereocenters. The number of methoxy groups -OCH3 is 1. The van der Waals surface area contributed by atoms with Crippen LogP contribution in [0, 0.1) is 12.7 Å². The first-order valence-corrected chi connectivity index (χ1v) is 7.51. The van der Waals surface area contributed by atoms with E-state index in [9.17, 15) is 4.39 Å². The summed E-state index contributed by atoms with van der Waals surface area (Å²) in [6.45, 7) is 2.68. The maximum absolute atomic E-state index is 13.9. The van der Waals surface area contributed by atoms with E-state index in [0.29, 0.717) is 12.2 Å². The van der Waals surface area contributed by atoms with Crippen LogP contribution in [0.5, 0.6) is 0 Å². The zero-order chi connectivity index (χ0) is 14.5. The predicted octanol–water partition coefficient (Wildman–Crippen LogP) is 4.81. The van der Waals surface area contributed by atoms with Crippen molar-refractivity contribution in [2.45, 2.75) is 18.2 Å². The standard InChI is InChI=1S/C17H18BrFO/c1-12-3-8-16(19)15(11-12)17(18)14-6-4-13(5-7-14)9-10-20-2/h3-8,11,17H,9-10H2,1-2H3. The Hall–Kier alpha value is -1.19. The first-order chi connectivity index (χ1) is 9.61. The molecule has 2 aromatic carbocycles. The molecular formula is C17H18BrFO. The van der Waals surface area contributed by atoms with Gasteiger partial charge in [-0.3, -0.25) is 0 Å². The molecule has 0 aliphatic rings. The summed E-state index contributed by atoms with van der Waals surface area (Å²) >= 11 is 3.59. The topological polar surface area (TPSA) is 9.23 Å². The molecule has 2 aromatic rings. The van der Waals surface area contributed by atoms with Crippen LogP contribution in [0.25, 0.3) is 0 Å². The summed E-state index contributed by atoms with van der Waals surface area (Å²) in [6, 6.07) is 13.4. The quantitative estimate of drug-likeness (QED) is 0.712. The SMILES string of the molecule is COCCc1ccc(C(Br)c2cc(C)ccc2F)cc1. The predicted molar refractivity (Wildman–Crippen MR) is 83.9 cm³/mol. The summed E-state index contributed by atoms with van der Waals surface area (Å²) in [7, 11) is 1.70. The van der Waals surface area contributed by atoms with Gasteiger partial charge in [0, 0.05) is 12.7 Å². The molecule has 2 rings (SSSR count). The molecule has 0 N–H and O–H groups in total. The Bertz CT molecular complexity index is 566. The molecule has 1 nitrogen and oxygen atoms in total. The molecule has 0 aliphatic carbocycles. The molecule has 106 valence electrons. The van der Waals surface area contributed by atoms with Crippen LogP contribution in [-0.2, 0) is 11.2 Å². The fourth-order valence-electron chi connectivity index (χ4n) is 2.11. The van der Waals surface area contributed by atoms with Crippen LogP contribution in [0.3, 0.4) is 0 Å². The smallest absolute Gasteiger partial charge is 0.127 e. The molecule has 3 heteroatoms. The van der Waals surface area contributed by atoms with Crippen molar-refractivity contribution in [3.63, 3.8) is 0 Å². The van der Waals surface area contributed by atoms with Crippen molar-refractivity contribution in [2.75, 3.05) is 13.7 Å². The average molecular weight is 337 g/mol. The normalized spacial score (nSPS) is 12.4. The summed E-state index contributed by atoms with van der Waals surface area (Å²) in [5.41, 5.74) is 4.01. The highest BCUT2D eigenvalue weighted by Crippen LogP contribution is 2.33. The van der Waals surface area contributed by atoms with Gasteiger partial charge in [-0.2, -0.15) is 0 Å². The fraction of sp³-hybridized carbons (Fsp3) is 0.294. The summed E-state index contributed by atoms with van der Waals surface area (Å²) in [4.78, 5) is -0.126. The Morgan fingerprint density at radius 1 is 1.15 bits per heavy atom. The van der Waals surface area contributed by atoms with Gasteiger partial charge in [0.1, 0.15) is 5.82 Å². The highest BCUT2D eigenvalue weighted by Gasteiger charge is 2.14. The number of benzene rings is 2. The van der Waals surface area contributed by atoms with Gasteiger partial charge in [-0.05, 0) is 30.5 Å². The van der Waals surface area contributed by atoms with Gasteiger partial charge >= 0.3 is 0 Å². The van der Waals surface area contributed by atoms with Gasteiger partial charge in [-0.15, -0.1) is 0 Å². The lowest BCUT2D eigenvalue weighted by Gasteiger charge is -2.13. The van der Waals surface area contributed by atoms with Crippen LogP contribution >= 0.6 is 15.9 Å². The molecule has 1 unspecified atom stereocenters. The Kier molecular flexibility index (Phi) is 5.32. The van der Waals surface area contributed by atoms with E-state index in [1.54, 1.807) is 13.2 Å². The van der Waals surface area contributed by atoms with Gasteiger partial charge in [-0.1, -0.05) is 57.9 Å². The van der Waals surface area contributed by atoms with Gasteiger partial charge in [0.25, 0.3) is 0 Å². The van der Waals surface area contributed by atoms with Crippen molar-refractivity contribution in [3.05, 3.63) is 70.5 Å². The zero-order valence-corrected chi connectivity index (χ0v) is 13.3. The van der Waals surface area contributed by atoms with Gasteiger partial charge < -0.3 is 4.74 Å². The van der Waals surface area contributed by atoms with Crippen molar-refractivity contribution in [2.24, 2.45) is 0 Å². The van der Waals surface area contributed by atoms with Crippen molar-refractivity contribution < 1.29 is 9.13 Å². The lowest BCUT2D eigenvalue weighted by Crippen LogP contribution is -1.99. The molecule has 0 amide bonds. The van der Waals surface area contributed by atoms with E-state index < -0.39 is 0 Å². The van der Waals surface area contributed by atoms with Crippen LogP contribution in [0.1, 0.15) is 27.1 Å². The second-order valence-electron chi connectivity index (χ2n) is 4.87. The van der Waals surface area contributed by atoms with Gasteiger partial charge in [0.05, 0.1) is 11.4 Å².